The van der Waals surface area contributed by atoms with Crippen LogP contribution in [0.3, 0.4) is 0 Å². The van der Waals surface area contributed by atoms with Crippen LogP contribution in [0.5, 0.6) is 5.75 Å². The highest BCUT2D eigenvalue weighted by atomic mass is 35.5. The van der Waals surface area contributed by atoms with Crippen molar-refractivity contribution in [2.75, 3.05) is 18.0 Å². The van der Waals surface area contributed by atoms with Crippen LogP contribution in [0.2, 0.25) is 10.0 Å². The molecule has 0 aliphatic rings. The van der Waals surface area contributed by atoms with E-state index in [2.05, 4.69) is 5.32 Å². The monoisotopic (exact) mass is 591 g/mol. The highest BCUT2D eigenvalue weighted by Gasteiger charge is 2.33. The number of sulfonamides is 1. The van der Waals surface area contributed by atoms with Crippen LogP contribution in [0, 0.1) is 0 Å². The number of nitrogens with one attached hydrogen (secondary N) is 1. The molecule has 1 N–H and O–H groups in total. The van der Waals surface area contributed by atoms with Gasteiger partial charge in [-0.15, -0.1) is 0 Å². The first-order chi connectivity index (χ1) is 18.4. The lowest BCUT2D eigenvalue weighted by molar-refractivity contribution is -0.139. The Morgan fingerprint density at radius 1 is 0.923 bits per heavy atom. The molecule has 0 heterocycles. The van der Waals surface area contributed by atoms with Gasteiger partial charge in [0.05, 0.1) is 22.7 Å². The van der Waals surface area contributed by atoms with E-state index in [1.165, 1.54) is 42.3 Å². The van der Waals surface area contributed by atoms with E-state index in [4.69, 9.17) is 27.9 Å². The molecule has 0 aromatic heterocycles. The van der Waals surface area contributed by atoms with E-state index < -0.39 is 28.5 Å². The van der Waals surface area contributed by atoms with Crippen molar-refractivity contribution in [1.82, 2.24) is 10.2 Å². The number of nitrogens with zero attached hydrogens (tertiary/aromatic N) is 2. The first-order valence-corrected chi connectivity index (χ1v) is 14.4. The summed E-state index contributed by atoms with van der Waals surface area (Å²) in [6, 6.07) is 18.1. The van der Waals surface area contributed by atoms with Gasteiger partial charge in [-0.1, -0.05) is 59.6 Å². The van der Waals surface area contributed by atoms with Crippen LogP contribution >= 0.6 is 23.2 Å². The Balaban J connectivity index is 2.07. The van der Waals surface area contributed by atoms with Gasteiger partial charge in [0.1, 0.15) is 18.3 Å². The quantitative estimate of drug-likeness (QED) is 0.333. The molecule has 3 aromatic carbocycles. The van der Waals surface area contributed by atoms with Gasteiger partial charge in [-0.2, -0.15) is 0 Å². The molecule has 208 valence electrons. The van der Waals surface area contributed by atoms with Crippen LogP contribution in [0.4, 0.5) is 5.69 Å². The summed E-state index contributed by atoms with van der Waals surface area (Å²) in [4.78, 5) is 28.2. The summed E-state index contributed by atoms with van der Waals surface area (Å²) in [5.74, 6) is -0.633. The number of hydrogen-bond donors (Lipinski definition) is 1. The number of ether oxygens (including phenoxy) is 1. The molecule has 0 aliphatic carbocycles. The summed E-state index contributed by atoms with van der Waals surface area (Å²) in [5.41, 5.74) is 0.775. The number of hydrogen-bond acceptors (Lipinski definition) is 5. The number of halogens is 2. The summed E-state index contributed by atoms with van der Waals surface area (Å²) in [5, 5.41) is 3.40. The summed E-state index contributed by atoms with van der Waals surface area (Å²) < 4.78 is 33.8. The van der Waals surface area contributed by atoms with Gasteiger partial charge < -0.3 is 15.0 Å². The minimum absolute atomic E-state index is 0.00617. The third-order valence-electron chi connectivity index (χ3n) is 5.93. The van der Waals surface area contributed by atoms with Crippen LogP contribution in [0.15, 0.2) is 77.7 Å². The second kappa shape index (κ2) is 13.2. The lowest BCUT2D eigenvalue weighted by Crippen LogP contribution is -2.52. The van der Waals surface area contributed by atoms with Gasteiger partial charge in [0.15, 0.2) is 0 Å². The fourth-order valence-electron chi connectivity index (χ4n) is 3.86. The maximum absolute atomic E-state index is 13.9. The molecule has 0 bridgehead atoms. The van der Waals surface area contributed by atoms with E-state index in [-0.39, 0.29) is 34.1 Å². The zero-order chi connectivity index (χ0) is 28.7. The van der Waals surface area contributed by atoms with Crippen molar-refractivity contribution < 1.29 is 22.7 Å². The molecule has 11 heteroatoms. The van der Waals surface area contributed by atoms with Gasteiger partial charge in [0.2, 0.25) is 11.8 Å². The molecule has 2 amide bonds. The molecule has 0 fully saturated rings. The van der Waals surface area contributed by atoms with E-state index in [1.54, 1.807) is 49.4 Å². The normalized spacial score (nSPS) is 12.1. The van der Waals surface area contributed by atoms with Crippen molar-refractivity contribution in [1.29, 1.82) is 0 Å². The second-order valence-corrected chi connectivity index (χ2v) is 11.8. The standard InChI is InChI=1S/C28H31Cl2N3O5S/c1-19(2)31-28(35)20(3)32(17-21-10-8-9-13-24(21)29)27(34)18-33(22-14-15-26(38-4)25(30)16-22)39(36,37)23-11-6-5-7-12-23/h5-16,19-20H,17-18H2,1-4H3,(H,31,35). The molecular weight excluding hydrogens is 561 g/mol. The Morgan fingerprint density at radius 2 is 1.56 bits per heavy atom. The molecule has 0 saturated heterocycles. The molecule has 0 saturated carbocycles. The second-order valence-electron chi connectivity index (χ2n) is 9.10. The minimum atomic E-state index is -4.21. The van der Waals surface area contributed by atoms with Crippen LogP contribution in [0.1, 0.15) is 26.3 Å². The molecule has 3 rings (SSSR count). The number of rotatable bonds is 11. The van der Waals surface area contributed by atoms with E-state index in [0.29, 0.717) is 16.3 Å². The lowest BCUT2D eigenvalue weighted by Gasteiger charge is -2.32. The molecule has 1 unspecified atom stereocenters. The average Bonchev–Trinajstić information content (AvgIpc) is 2.90. The first-order valence-electron chi connectivity index (χ1n) is 12.2. The van der Waals surface area contributed by atoms with Gasteiger partial charge in [0.25, 0.3) is 10.0 Å². The number of carbonyl (C=O) groups is 2. The molecule has 8 nitrogen and oxygen atoms in total. The van der Waals surface area contributed by atoms with Crippen LogP contribution < -0.4 is 14.4 Å². The number of carbonyl (C=O) groups excluding carboxylic acids is 2. The lowest BCUT2D eigenvalue weighted by atomic mass is 10.1. The molecular formula is C28H31Cl2N3O5S. The summed E-state index contributed by atoms with van der Waals surface area (Å²) >= 11 is 12.7. The third-order valence-corrected chi connectivity index (χ3v) is 8.38. The molecule has 0 aliphatic heterocycles. The minimum Gasteiger partial charge on any atom is -0.495 e. The summed E-state index contributed by atoms with van der Waals surface area (Å²) in [7, 11) is -2.76. The smallest absolute Gasteiger partial charge is 0.264 e. The zero-order valence-corrected chi connectivity index (χ0v) is 24.4. The molecule has 1 atom stereocenters. The summed E-state index contributed by atoms with van der Waals surface area (Å²) in [6.07, 6.45) is 0. The molecule has 3 aromatic rings. The van der Waals surface area contributed by atoms with E-state index in [9.17, 15) is 18.0 Å². The average molecular weight is 593 g/mol. The van der Waals surface area contributed by atoms with Crippen LogP contribution in [-0.4, -0.2) is 50.9 Å². The van der Waals surface area contributed by atoms with Gasteiger partial charge in [-0.05, 0) is 62.7 Å². The van der Waals surface area contributed by atoms with Crippen molar-refractivity contribution in [2.45, 2.75) is 44.3 Å². The Morgan fingerprint density at radius 3 is 2.15 bits per heavy atom. The Hall–Kier alpha value is -3.27. The van der Waals surface area contributed by atoms with Crippen molar-refractivity contribution in [2.24, 2.45) is 0 Å². The Kier molecular flexibility index (Phi) is 10.2. The third kappa shape index (κ3) is 7.44. The zero-order valence-electron chi connectivity index (χ0n) is 22.1. The molecule has 0 radical (unpaired) electrons. The predicted molar refractivity (Wildman–Crippen MR) is 154 cm³/mol. The van der Waals surface area contributed by atoms with Crippen LogP contribution in [-0.2, 0) is 26.2 Å². The van der Waals surface area contributed by atoms with Crippen molar-refractivity contribution in [3.63, 3.8) is 0 Å². The maximum atomic E-state index is 13.9. The Bertz CT molecular complexity index is 1420. The summed E-state index contributed by atoms with van der Waals surface area (Å²) in [6.45, 7) is 4.61. The number of methoxy groups -OCH3 is 1. The van der Waals surface area contributed by atoms with Gasteiger partial charge in [0, 0.05) is 17.6 Å². The first kappa shape index (κ1) is 30.3. The number of benzene rings is 3. The van der Waals surface area contributed by atoms with E-state index in [0.717, 1.165) is 4.31 Å². The fraction of sp³-hybridized carbons (Fsp3) is 0.286. The van der Waals surface area contributed by atoms with Crippen molar-refractivity contribution in [3.8, 4) is 5.75 Å². The van der Waals surface area contributed by atoms with Crippen molar-refractivity contribution in [3.05, 3.63) is 88.4 Å². The molecule has 39 heavy (non-hydrogen) atoms. The predicted octanol–water partition coefficient (Wildman–Crippen LogP) is 5.14. The number of anilines is 1. The van der Waals surface area contributed by atoms with Gasteiger partial charge in [-0.25, -0.2) is 8.42 Å². The highest BCUT2D eigenvalue weighted by Crippen LogP contribution is 2.32. The number of amides is 2. The van der Waals surface area contributed by atoms with E-state index >= 15 is 0 Å². The van der Waals surface area contributed by atoms with Gasteiger partial charge in [-0.3, -0.25) is 13.9 Å². The van der Waals surface area contributed by atoms with E-state index in [1.807, 2.05) is 13.8 Å². The maximum Gasteiger partial charge on any atom is 0.264 e. The fourth-order valence-corrected chi connectivity index (χ4v) is 5.73. The topological polar surface area (TPSA) is 96.0 Å². The molecule has 0 spiro atoms. The highest BCUT2D eigenvalue weighted by molar-refractivity contribution is 7.92. The Labute approximate surface area is 239 Å². The van der Waals surface area contributed by atoms with Crippen molar-refractivity contribution >= 4 is 50.7 Å². The van der Waals surface area contributed by atoms with Crippen LogP contribution in [0.25, 0.3) is 0 Å². The SMILES string of the molecule is COc1ccc(N(CC(=O)N(Cc2ccccc2Cl)C(C)C(=O)NC(C)C)S(=O)(=O)c2ccccc2)cc1Cl. The largest absolute Gasteiger partial charge is 0.495 e. The van der Waals surface area contributed by atoms with Gasteiger partial charge >= 0.3 is 0 Å².